The number of nitrogens with zero attached hydrogens (tertiary/aromatic N) is 2. The van der Waals surface area contributed by atoms with Crippen molar-refractivity contribution in [2.24, 2.45) is 0 Å². The van der Waals surface area contributed by atoms with Gasteiger partial charge in [-0.2, -0.15) is 8.61 Å². The maximum absolute atomic E-state index is 13.1. The number of esters is 1. The number of sulfonamides is 2. The quantitative estimate of drug-likeness (QED) is 0.618. The van der Waals surface area contributed by atoms with Crippen LogP contribution in [-0.2, 0) is 24.8 Å². The first kappa shape index (κ1) is 22.7. The van der Waals surface area contributed by atoms with Gasteiger partial charge in [0.05, 0.1) is 22.5 Å². The van der Waals surface area contributed by atoms with Gasteiger partial charge in [0.25, 0.3) is 0 Å². The molecule has 0 radical (unpaired) electrons. The van der Waals surface area contributed by atoms with E-state index in [-0.39, 0.29) is 41.5 Å². The Labute approximate surface area is 181 Å². The molecule has 0 amide bonds. The van der Waals surface area contributed by atoms with E-state index in [4.69, 9.17) is 11.6 Å². The summed E-state index contributed by atoms with van der Waals surface area (Å²) in [7, 11) is -6.36. The average Bonchev–Trinajstić information content (AvgIpc) is 2.73. The third kappa shape index (κ3) is 4.37. The van der Waals surface area contributed by atoms with Crippen LogP contribution in [0.1, 0.15) is 15.9 Å². The molecule has 30 heavy (non-hydrogen) atoms. The van der Waals surface area contributed by atoms with Crippen molar-refractivity contribution in [2.75, 3.05) is 33.3 Å². The molecule has 1 aliphatic rings. The average molecular weight is 473 g/mol. The summed E-state index contributed by atoms with van der Waals surface area (Å²) in [5, 5.41) is 0.308. The van der Waals surface area contributed by atoms with Gasteiger partial charge in [-0.05, 0) is 48.9 Å². The molecule has 0 unspecified atom stereocenters. The second-order valence-electron chi connectivity index (χ2n) is 6.74. The lowest BCUT2D eigenvalue weighted by molar-refractivity contribution is 0.0600. The number of ether oxygens (including phenoxy) is 1. The monoisotopic (exact) mass is 472 g/mol. The lowest BCUT2D eigenvalue weighted by Gasteiger charge is -2.33. The SMILES string of the molecule is COC(=O)c1ccc(S(=O)(=O)N2CCN(S(=O)(=O)c3cccc(Cl)c3)CC2)c(C)c1. The predicted molar refractivity (Wildman–Crippen MR) is 111 cm³/mol. The molecular weight excluding hydrogens is 452 g/mol. The molecule has 8 nitrogen and oxygen atoms in total. The van der Waals surface area contributed by atoms with Crippen LogP contribution >= 0.6 is 11.6 Å². The number of aryl methyl sites for hydroxylation is 1. The number of halogens is 1. The van der Waals surface area contributed by atoms with Gasteiger partial charge in [0.1, 0.15) is 0 Å². The van der Waals surface area contributed by atoms with E-state index in [1.807, 2.05) is 0 Å². The molecule has 0 atom stereocenters. The number of hydrogen-bond acceptors (Lipinski definition) is 6. The Morgan fingerprint density at radius 2 is 1.53 bits per heavy atom. The number of hydrogen-bond donors (Lipinski definition) is 0. The van der Waals surface area contributed by atoms with E-state index in [2.05, 4.69) is 4.74 Å². The van der Waals surface area contributed by atoms with Crippen LogP contribution in [0.4, 0.5) is 0 Å². The summed E-state index contributed by atoms with van der Waals surface area (Å²) in [5.74, 6) is -0.554. The van der Waals surface area contributed by atoms with E-state index in [0.29, 0.717) is 10.6 Å². The highest BCUT2D eigenvalue weighted by Crippen LogP contribution is 2.25. The molecule has 1 fully saturated rings. The highest BCUT2D eigenvalue weighted by Gasteiger charge is 2.34. The number of rotatable bonds is 5. The number of methoxy groups -OCH3 is 1. The van der Waals surface area contributed by atoms with Gasteiger partial charge in [0, 0.05) is 31.2 Å². The molecule has 0 aliphatic carbocycles. The molecule has 1 saturated heterocycles. The summed E-state index contributed by atoms with van der Waals surface area (Å²) in [6.07, 6.45) is 0. The van der Waals surface area contributed by atoms with Crippen LogP contribution in [-0.4, -0.2) is 64.7 Å². The van der Waals surface area contributed by atoms with Crippen molar-refractivity contribution in [3.8, 4) is 0 Å². The Balaban J connectivity index is 1.78. The zero-order valence-corrected chi connectivity index (χ0v) is 18.8. The van der Waals surface area contributed by atoms with Crippen molar-refractivity contribution < 1.29 is 26.4 Å². The maximum atomic E-state index is 13.1. The van der Waals surface area contributed by atoms with Crippen LogP contribution < -0.4 is 0 Å². The molecule has 2 aromatic rings. The highest BCUT2D eigenvalue weighted by atomic mass is 35.5. The van der Waals surface area contributed by atoms with Gasteiger partial charge in [-0.25, -0.2) is 21.6 Å². The Hall–Kier alpha value is -1.98. The molecule has 162 valence electrons. The van der Waals surface area contributed by atoms with Crippen LogP contribution in [0.5, 0.6) is 0 Å². The molecule has 0 bridgehead atoms. The largest absolute Gasteiger partial charge is 0.465 e. The zero-order chi connectivity index (χ0) is 22.1. The first-order valence-corrected chi connectivity index (χ1v) is 12.3. The van der Waals surface area contributed by atoms with Gasteiger partial charge in [-0.3, -0.25) is 0 Å². The van der Waals surface area contributed by atoms with Crippen LogP contribution in [0.2, 0.25) is 5.02 Å². The second-order valence-corrected chi connectivity index (χ2v) is 11.0. The Kier molecular flexibility index (Phi) is 6.54. The summed E-state index contributed by atoms with van der Waals surface area (Å²) < 4.78 is 58.9. The van der Waals surface area contributed by atoms with Crippen molar-refractivity contribution in [1.29, 1.82) is 0 Å². The fraction of sp³-hybridized carbons (Fsp3) is 0.316. The summed E-state index contributed by atoms with van der Waals surface area (Å²) in [6.45, 7) is 1.67. The van der Waals surface area contributed by atoms with E-state index < -0.39 is 26.0 Å². The van der Waals surface area contributed by atoms with Crippen LogP contribution in [0, 0.1) is 6.92 Å². The molecule has 2 aromatic carbocycles. The standard InChI is InChI=1S/C19H21ClN2O6S2/c1-14-12-15(19(23)28-2)6-7-18(14)30(26,27)22-10-8-21(9-11-22)29(24,25)17-5-3-4-16(20)13-17/h3-7,12-13H,8-11H2,1-2H3. The predicted octanol–water partition coefficient (Wildman–Crippen LogP) is 2.13. The van der Waals surface area contributed by atoms with Gasteiger partial charge in [0.15, 0.2) is 0 Å². The minimum Gasteiger partial charge on any atom is -0.465 e. The van der Waals surface area contributed by atoms with Gasteiger partial charge < -0.3 is 4.74 Å². The van der Waals surface area contributed by atoms with Crippen molar-refractivity contribution in [3.05, 3.63) is 58.6 Å². The number of carbonyl (C=O) groups excluding carboxylic acids is 1. The van der Waals surface area contributed by atoms with Gasteiger partial charge in [-0.1, -0.05) is 17.7 Å². The van der Waals surface area contributed by atoms with Gasteiger partial charge in [0.2, 0.25) is 20.0 Å². The summed E-state index contributed by atoms with van der Waals surface area (Å²) in [5.41, 5.74) is 0.665. The maximum Gasteiger partial charge on any atom is 0.337 e. The number of benzene rings is 2. The third-order valence-electron chi connectivity index (χ3n) is 4.85. The second kappa shape index (κ2) is 8.64. The zero-order valence-electron chi connectivity index (χ0n) is 16.4. The van der Waals surface area contributed by atoms with Crippen molar-refractivity contribution in [3.63, 3.8) is 0 Å². The molecule has 1 aliphatic heterocycles. The smallest absolute Gasteiger partial charge is 0.337 e. The van der Waals surface area contributed by atoms with Gasteiger partial charge in [-0.15, -0.1) is 0 Å². The summed E-state index contributed by atoms with van der Waals surface area (Å²) >= 11 is 5.90. The lowest BCUT2D eigenvalue weighted by Crippen LogP contribution is -2.50. The van der Waals surface area contributed by atoms with E-state index >= 15 is 0 Å². The first-order chi connectivity index (χ1) is 14.1. The fourth-order valence-corrected chi connectivity index (χ4v) is 6.60. The normalized spacial score (nSPS) is 16.4. The molecular formula is C19H21ClN2O6S2. The van der Waals surface area contributed by atoms with E-state index in [1.165, 1.54) is 46.1 Å². The lowest BCUT2D eigenvalue weighted by atomic mass is 10.1. The van der Waals surface area contributed by atoms with Gasteiger partial charge >= 0.3 is 5.97 Å². The Morgan fingerprint density at radius 1 is 0.933 bits per heavy atom. The number of carbonyl (C=O) groups is 1. The molecule has 0 spiro atoms. The first-order valence-electron chi connectivity index (χ1n) is 9.02. The molecule has 1 heterocycles. The van der Waals surface area contributed by atoms with Crippen LogP contribution in [0.25, 0.3) is 0 Å². The van der Waals surface area contributed by atoms with Crippen molar-refractivity contribution >= 4 is 37.6 Å². The molecule has 11 heteroatoms. The van der Waals surface area contributed by atoms with E-state index in [0.717, 1.165) is 0 Å². The molecule has 0 saturated carbocycles. The molecule has 0 aromatic heterocycles. The van der Waals surface area contributed by atoms with Crippen LogP contribution in [0.3, 0.4) is 0 Å². The van der Waals surface area contributed by atoms with Crippen LogP contribution in [0.15, 0.2) is 52.3 Å². The summed E-state index contributed by atoms with van der Waals surface area (Å²) in [4.78, 5) is 11.8. The topological polar surface area (TPSA) is 101 Å². The molecule has 3 rings (SSSR count). The van der Waals surface area contributed by atoms with Crippen molar-refractivity contribution in [2.45, 2.75) is 16.7 Å². The van der Waals surface area contributed by atoms with E-state index in [1.54, 1.807) is 19.1 Å². The minimum absolute atomic E-state index is 0.0142. The Bertz CT molecular complexity index is 1170. The van der Waals surface area contributed by atoms with E-state index in [9.17, 15) is 21.6 Å². The number of piperazine rings is 1. The minimum atomic E-state index is -3.84. The van der Waals surface area contributed by atoms with Crippen molar-refractivity contribution in [1.82, 2.24) is 8.61 Å². The fourth-order valence-electron chi connectivity index (χ4n) is 3.25. The third-order valence-corrected chi connectivity index (χ3v) is 9.03. The summed E-state index contributed by atoms with van der Waals surface area (Å²) in [6, 6.07) is 10.2. The Morgan fingerprint density at radius 3 is 2.07 bits per heavy atom. The highest BCUT2D eigenvalue weighted by molar-refractivity contribution is 7.89. The molecule has 0 N–H and O–H groups in total.